The number of nitrogens with zero attached hydrogens (tertiary/aromatic N) is 4. The minimum Gasteiger partial charge on any atom is -0.350 e. The highest BCUT2D eigenvalue weighted by atomic mass is 32.1. The lowest BCUT2D eigenvalue weighted by molar-refractivity contribution is 0.248. The van der Waals surface area contributed by atoms with Crippen LogP contribution in [0.25, 0.3) is 10.0 Å². The summed E-state index contributed by atoms with van der Waals surface area (Å²) in [6.45, 7) is 7.21. The summed E-state index contributed by atoms with van der Waals surface area (Å²) in [4.78, 5) is 32.3. The maximum absolute atomic E-state index is 10.8. The smallest absolute Gasteiger partial charge is 0.332 e. The predicted octanol–water partition coefficient (Wildman–Crippen LogP) is 1.67. The quantitative estimate of drug-likeness (QED) is 0.448. The molecule has 12 heteroatoms. The van der Waals surface area contributed by atoms with Gasteiger partial charge in [0.05, 0.1) is 32.6 Å². The van der Waals surface area contributed by atoms with Crippen molar-refractivity contribution in [2.75, 3.05) is 0 Å². The van der Waals surface area contributed by atoms with E-state index in [0.29, 0.717) is 11.4 Å². The second kappa shape index (κ2) is 8.01. The van der Waals surface area contributed by atoms with Crippen molar-refractivity contribution in [3.8, 4) is 10.0 Å². The minimum absolute atomic E-state index is 0.599. The van der Waals surface area contributed by atoms with Crippen LogP contribution >= 0.6 is 22.7 Å². The van der Waals surface area contributed by atoms with Gasteiger partial charge in [-0.1, -0.05) is 0 Å². The van der Waals surface area contributed by atoms with Crippen molar-refractivity contribution in [3.05, 3.63) is 21.1 Å². The number of amides is 4. The van der Waals surface area contributed by atoms with E-state index in [4.69, 9.17) is 11.5 Å². The fourth-order valence-electron chi connectivity index (χ4n) is 2.03. The number of primary amides is 2. The highest BCUT2D eigenvalue weighted by Gasteiger charge is 2.18. The van der Waals surface area contributed by atoms with Crippen molar-refractivity contribution < 1.29 is 9.59 Å². The van der Waals surface area contributed by atoms with Gasteiger partial charge < -0.3 is 11.5 Å². The molecule has 2 rings (SSSR count). The van der Waals surface area contributed by atoms with Gasteiger partial charge in [-0.05, 0) is 27.7 Å². The summed E-state index contributed by atoms with van der Waals surface area (Å²) < 4.78 is 0. The first-order valence-electron chi connectivity index (χ1n) is 7.34. The number of aryl methyl sites for hydroxylation is 2. The summed E-state index contributed by atoms with van der Waals surface area (Å²) >= 11 is 2.82. The van der Waals surface area contributed by atoms with Crippen LogP contribution in [0.4, 0.5) is 9.59 Å². The van der Waals surface area contributed by atoms with E-state index in [1.54, 1.807) is 13.8 Å². The molecule has 0 fully saturated rings. The zero-order chi connectivity index (χ0) is 19.4. The molecular formula is C14H18N8O2S2. The largest absolute Gasteiger partial charge is 0.350 e. The summed E-state index contributed by atoms with van der Waals surface area (Å²) in [7, 11) is 0. The second-order valence-corrected chi connectivity index (χ2v) is 7.21. The van der Waals surface area contributed by atoms with Gasteiger partial charge in [-0.25, -0.2) is 30.4 Å². The highest BCUT2D eigenvalue weighted by molar-refractivity contribution is 7.23. The Kier molecular flexibility index (Phi) is 6.00. The first-order chi connectivity index (χ1) is 12.2. The number of hydrogen-bond acceptors (Lipinski definition) is 8. The molecule has 2 heterocycles. The number of nitrogens with two attached hydrogens (primary N) is 2. The van der Waals surface area contributed by atoms with Gasteiger partial charge in [-0.3, -0.25) is 0 Å². The molecule has 138 valence electrons. The third-order valence-corrected chi connectivity index (χ3v) is 5.78. The summed E-state index contributed by atoms with van der Waals surface area (Å²) in [5.74, 6) is 0. The van der Waals surface area contributed by atoms with E-state index in [0.717, 1.165) is 31.2 Å². The number of hydrogen-bond donors (Lipinski definition) is 4. The Morgan fingerprint density at radius 1 is 0.846 bits per heavy atom. The van der Waals surface area contributed by atoms with Gasteiger partial charge >= 0.3 is 12.1 Å². The van der Waals surface area contributed by atoms with Crippen LogP contribution < -0.4 is 22.3 Å². The highest BCUT2D eigenvalue weighted by Crippen LogP contribution is 2.33. The fourth-order valence-corrected chi connectivity index (χ4v) is 4.07. The molecule has 0 aliphatic heterocycles. The van der Waals surface area contributed by atoms with Crippen molar-refractivity contribution >= 4 is 46.2 Å². The molecular weight excluding hydrogens is 376 g/mol. The Hall–Kier alpha value is -2.86. The van der Waals surface area contributed by atoms with Crippen molar-refractivity contribution in [1.29, 1.82) is 0 Å². The molecule has 0 atom stereocenters. The summed E-state index contributed by atoms with van der Waals surface area (Å²) in [6.07, 6.45) is 0. The molecule has 0 spiro atoms. The first kappa shape index (κ1) is 19.5. The molecule has 0 aliphatic rings. The Bertz CT molecular complexity index is 838. The van der Waals surface area contributed by atoms with Crippen LogP contribution in [0.15, 0.2) is 10.2 Å². The molecule has 4 amide bonds. The second-order valence-electron chi connectivity index (χ2n) is 5.21. The van der Waals surface area contributed by atoms with E-state index < -0.39 is 12.1 Å². The van der Waals surface area contributed by atoms with Crippen LogP contribution in [0.2, 0.25) is 0 Å². The van der Waals surface area contributed by atoms with E-state index in [1.807, 2.05) is 13.8 Å². The van der Waals surface area contributed by atoms with Gasteiger partial charge in [0, 0.05) is 0 Å². The van der Waals surface area contributed by atoms with Crippen LogP contribution in [-0.2, 0) is 0 Å². The molecule has 2 aromatic heterocycles. The molecule has 0 aliphatic carbocycles. The number of thiazole rings is 2. The van der Waals surface area contributed by atoms with Crippen molar-refractivity contribution in [1.82, 2.24) is 20.8 Å². The summed E-state index contributed by atoms with van der Waals surface area (Å²) in [5, 5.41) is 9.30. The van der Waals surface area contributed by atoms with Gasteiger partial charge in [0.15, 0.2) is 10.0 Å². The minimum atomic E-state index is -0.730. The van der Waals surface area contributed by atoms with E-state index in [1.165, 1.54) is 22.7 Å². The topological polar surface area (TPSA) is 161 Å². The average molecular weight is 394 g/mol. The monoisotopic (exact) mass is 394 g/mol. The Labute approximate surface area is 157 Å². The lowest BCUT2D eigenvalue weighted by Crippen LogP contribution is -2.25. The van der Waals surface area contributed by atoms with Crippen molar-refractivity contribution in [3.63, 3.8) is 0 Å². The molecule has 0 aromatic carbocycles. The van der Waals surface area contributed by atoms with Crippen LogP contribution in [0.5, 0.6) is 0 Å². The fraction of sp³-hybridized carbons (Fsp3) is 0.286. The molecule has 0 radical (unpaired) electrons. The molecule has 10 nitrogen and oxygen atoms in total. The predicted molar refractivity (Wildman–Crippen MR) is 103 cm³/mol. The number of urea groups is 2. The normalized spacial score (nSPS) is 12.2. The molecule has 0 saturated heterocycles. The number of rotatable bonds is 5. The van der Waals surface area contributed by atoms with Crippen molar-refractivity contribution in [2.45, 2.75) is 27.7 Å². The SMILES string of the molecule is C/C(=N/NC(N)=O)c1sc(-c2nc(C)c(/C(C)=N/NC(N)=O)s2)nc1C. The van der Waals surface area contributed by atoms with Crippen LogP contribution in [-0.4, -0.2) is 33.5 Å². The van der Waals surface area contributed by atoms with Crippen LogP contribution in [0.1, 0.15) is 35.0 Å². The number of carbonyl (C=O) groups is 2. The van der Waals surface area contributed by atoms with Crippen LogP contribution in [0.3, 0.4) is 0 Å². The molecule has 0 saturated carbocycles. The molecule has 0 unspecified atom stereocenters. The lowest BCUT2D eigenvalue weighted by atomic mass is 10.3. The summed E-state index contributed by atoms with van der Waals surface area (Å²) in [5.41, 5.74) is 17.2. The van der Waals surface area contributed by atoms with Gasteiger partial charge in [0.25, 0.3) is 0 Å². The van der Waals surface area contributed by atoms with Gasteiger partial charge in [-0.2, -0.15) is 10.2 Å². The molecule has 6 N–H and O–H groups in total. The van der Waals surface area contributed by atoms with E-state index in [9.17, 15) is 9.59 Å². The van der Waals surface area contributed by atoms with Gasteiger partial charge in [0.2, 0.25) is 0 Å². The molecule has 0 bridgehead atoms. The number of nitrogens with one attached hydrogen (secondary N) is 2. The van der Waals surface area contributed by atoms with Crippen molar-refractivity contribution in [2.24, 2.45) is 21.7 Å². The lowest BCUT2D eigenvalue weighted by Gasteiger charge is -1.97. The molecule has 2 aromatic rings. The first-order valence-corrected chi connectivity index (χ1v) is 8.97. The Morgan fingerprint density at radius 2 is 1.19 bits per heavy atom. The third kappa shape index (κ3) is 4.61. The zero-order valence-corrected chi connectivity index (χ0v) is 16.2. The maximum Gasteiger partial charge on any atom is 0.332 e. The summed E-state index contributed by atoms with van der Waals surface area (Å²) in [6, 6.07) is -1.46. The number of carbonyl (C=O) groups excluding carboxylic acids is 2. The van der Waals surface area contributed by atoms with Gasteiger partial charge in [-0.15, -0.1) is 22.7 Å². The third-order valence-electron chi connectivity index (χ3n) is 3.10. The van der Waals surface area contributed by atoms with E-state index in [2.05, 4.69) is 31.0 Å². The Morgan fingerprint density at radius 3 is 1.50 bits per heavy atom. The number of aromatic nitrogens is 2. The van der Waals surface area contributed by atoms with Gasteiger partial charge in [0.1, 0.15) is 0 Å². The maximum atomic E-state index is 10.8. The van der Waals surface area contributed by atoms with E-state index in [-0.39, 0.29) is 0 Å². The average Bonchev–Trinajstić information content (AvgIpc) is 3.13. The standard InChI is InChI=1S/C14H18N8O2S2/c1-5-9(7(3)19-21-13(15)23)25-11(17-5)12-18-6(2)10(26-12)8(4)20-22-14(16)24/h1-4H3,(H3,15,21,23)(H3,16,22,24)/b19-7-,20-8+. The van der Waals surface area contributed by atoms with E-state index >= 15 is 0 Å². The Balaban J connectivity index is 2.33. The zero-order valence-electron chi connectivity index (χ0n) is 14.6. The van der Waals surface area contributed by atoms with Crippen LogP contribution in [0, 0.1) is 13.8 Å². The molecule has 26 heavy (non-hydrogen) atoms. The number of hydrazone groups is 2.